The second kappa shape index (κ2) is 5.50. The predicted molar refractivity (Wildman–Crippen MR) is 74.9 cm³/mol. The van der Waals surface area contributed by atoms with Gasteiger partial charge in [-0.2, -0.15) is 0 Å². The number of hydrogen-bond acceptors (Lipinski definition) is 8. The summed E-state index contributed by atoms with van der Waals surface area (Å²) in [5, 5.41) is 42.0. The molecular weight excluding hydrogens is 340 g/mol. The lowest BCUT2D eigenvalue weighted by atomic mass is 10.0. The van der Waals surface area contributed by atoms with Crippen LogP contribution in [0.15, 0.2) is 10.8 Å². The number of thiophene rings is 2. The van der Waals surface area contributed by atoms with E-state index in [1.165, 1.54) is 0 Å². The van der Waals surface area contributed by atoms with Crippen molar-refractivity contribution in [2.45, 2.75) is 0 Å². The first-order valence-electron chi connectivity index (χ1n) is 5.24. The Hall–Kier alpha value is -2.86. The Kier molecular flexibility index (Phi) is 3.88. The van der Waals surface area contributed by atoms with Crippen LogP contribution in [-0.4, -0.2) is 32.0 Å². The van der Waals surface area contributed by atoms with Crippen molar-refractivity contribution in [3.8, 4) is 11.1 Å². The summed E-state index contributed by atoms with van der Waals surface area (Å²) in [6, 6.07) is 0. The Morgan fingerprint density at radius 2 is 1.18 bits per heavy atom. The topological polar surface area (TPSA) is 161 Å². The van der Waals surface area contributed by atoms with Crippen molar-refractivity contribution in [2.75, 3.05) is 0 Å². The molecule has 2 N–H and O–H groups in total. The maximum atomic E-state index is 11.2. The van der Waals surface area contributed by atoms with E-state index < -0.39 is 54.0 Å². The van der Waals surface area contributed by atoms with Gasteiger partial charge >= 0.3 is 11.9 Å². The van der Waals surface area contributed by atoms with Crippen LogP contribution in [0.25, 0.3) is 11.1 Å². The molecule has 0 spiro atoms. The van der Waals surface area contributed by atoms with E-state index in [9.17, 15) is 29.8 Å². The van der Waals surface area contributed by atoms with Crippen molar-refractivity contribution in [1.82, 2.24) is 0 Å². The molecule has 2 heterocycles. The molecule has 2 aromatic heterocycles. The molecule has 0 aliphatic rings. The zero-order chi connectivity index (χ0) is 16.6. The van der Waals surface area contributed by atoms with Gasteiger partial charge < -0.3 is 10.2 Å². The van der Waals surface area contributed by atoms with E-state index in [-0.39, 0.29) is 0 Å². The van der Waals surface area contributed by atoms with Crippen LogP contribution in [0.4, 0.5) is 11.4 Å². The Labute approximate surface area is 128 Å². The zero-order valence-electron chi connectivity index (χ0n) is 10.2. The molecule has 0 fully saturated rings. The van der Waals surface area contributed by atoms with Crippen LogP contribution in [-0.2, 0) is 0 Å². The molecule has 10 nitrogen and oxygen atoms in total. The highest BCUT2D eigenvalue weighted by Crippen LogP contribution is 2.46. The summed E-state index contributed by atoms with van der Waals surface area (Å²) < 4.78 is 0. The van der Waals surface area contributed by atoms with Gasteiger partial charge in [0.2, 0.25) is 0 Å². The molecule has 22 heavy (non-hydrogen) atoms. The van der Waals surface area contributed by atoms with Gasteiger partial charge in [0.1, 0.15) is 9.75 Å². The zero-order valence-corrected chi connectivity index (χ0v) is 11.8. The molecule has 0 aliphatic carbocycles. The number of hydrogen-bond donors (Lipinski definition) is 2. The summed E-state index contributed by atoms with van der Waals surface area (Å²) in [6.07, 6.45) is 0. The normalized spacial score (nSPS) is 10.4. The lowest BCUT2D eigenvalue weighted by molar-refractivity contribution is -0.386. The average Bonchev–Trinajstić information content (AvgIpc) is 3.01. The lowest BCUT2D eigenvalue weighted by Crippen LogP contribution is -2.02. The molecular formula is C10H4N2O8S2. The monoisotopic (exact) mass is 344 g/mol. The van der Waals surface area contributed by atoms with E-state index in [0.717, 1.165) is 10.8 Å². The SMILES string of the molecule is O=C(O)c1scc([N+](=O)[O-])c1-c1c([N+](=O)[O-])csc1C(=O)O. The van der Waals surface area contributed by atoms with Crippen molar-refractivity contribution < 1.29 is 29.6 Å². The van der Waals surface area contributed by atoms with Crippen LogP contribution in [0.3, 0.4) is 0 Å². The summed E-state index contributed by atoms with van der Waals surface area (Å²) in [5.74, 6) is -3.07. The Balaban J connectivity index is 2.92. The van der Waals surface area contributed by atoms with E-state index in [0.29, 0.717) is 22.7 Å². The van der Waals surface area contributed by atoms with Gasteiger partial charge in [0.15, 0.2) is 0 Å². The fourth-order valence-electron chi connectivity index (χ4n) is 1.76. The number of rotatable bonds is 5. The molecule has 114 valence electrons. The van der Waals surface area contributed by atoms with Crippen LogP contribution in [0.1, 0.15) is 19.3 Å². The number of carboxylic acid groups (broad SMARTS) is 2. The number of carboxylic acids is 2. The first-order chi connectivity index (χ1) is 10.3. The van der Waals surface area contributed by atoms with Gasteiger partial charge in [0.25, 0.3) is 11.4 Å². The first-order valence-corrected chi connectivity index (χ1v) is 7.00. The van der Waals surface area contributed by atoms with Crippen molar-refractivity contribution in [2.24, 2.45) is 0 Å². The van der Waals surface area contributed by atoms with Crippen LogP contribution in [0.2, 0.25) is 0 Å². The third-order valence-electron chi connectivity index (χ3n) is 2.58. The highest BCUT2D eigenvalue weighted by atomic mass is 32.1. The quantitative estimate of drug-likeness (QED) is 0.618. The predicted octanol–water partition coefficient (Wildman–Crippen LogP) is 2.69. The molecule has 0 aromatic carbocycles. The van der Waals surface area contributed by atoms with E-state index in [1.807, 2.05) is 0 Å². The lowest BCUT2D eigenvalue weighted by Gasteiger charge is -2.01. The van der Waals surface area contributed by atoms with Crippen molar-refractivity contribution in [3.05, 3.63) is 40.7 Å². The largest absolute Gasteiger partial charge is 0.477 e. The molecule has 0 aliphatic heterocycles. The molecule has 0 amide bonds. The second-order valence-electron chi connectivity index (χ2n) is 3.77. The minimum atomic E-state index is -1.54. The fourth-order valence-corrected chi connectivity index (χ4v) is 3.48. The average molecular weight is 344 g/mol. The second-order valence-corrected chi connectivity index (χ2v) is 5.53. The third-order valence-corrected chi connectivity index (χ3v) is 4.49. The van der Waals surface area contributed by atoms with Gasteiger partial charge in [-0.25, -0.2) is 9.59 Å². The molecule has 0 bridgehead atoms. The van der Waals surface area contributed by atoms with Gasteiger partial charge in [-0.05, 0) is 0 Å². The minimum absolute atomic E-state index is 0.500. The summed E-state index contributed by atoms with van der Waals surface area (Å²) in [5.41, 5.74) is -2.50. The van der Waals surface area contributed by atoms with E-state index in [2.05, 4.69) is 0 Å². The van der Waals surface area contributed by atoms with Gasteiger partial charge in [-0.1, -0.05) is 0 Å². The number of nitrogens with zero attached hydrogens (tertiary/aromatic N) is 2. The Bertz CT molecular complexity index is 690. The van der Waals surface area contributed by atoms with Crippen LogP contribution in [0.5, 0.6) is 0 Å². The molecule has 0 radical (unpaired) electrons. The van der Waals surface area contributed by atoms with Crippen LogP contribution >= 0.6 is 22.7 Å². The van der Waals surface area contributed by atoms with Crippen molar-refractivity contribution >= 4 is 46.0 Å². The number of nitro groups is 2. The van der Waals surface area contributed by atoms with Crippen LogP contribution in [0, 0.1) is 20.2 Å². The molecule has 0 saturated heterocycles. The highest BCUT2D eigenvalue weighted by molar-refractivity contribution is 7.14. The van der Waals surface area contributed by atoms with Crippen molar-refractivity contribution in [1.29, 1.82) is 0 Å². The number of carbonyl (C=O) groups is 2. The first kappa shape index (κ1) is 15.5. The fraction of sp³-hybridized carbons (Fsp3) is 0. The number of aromatic carboxylic acids is 2. The standard InChI is InChI=1S/C10H4N2O8S2/c13-9(14)7-5(3(1-21-7)11(17)18)6-4(12(19)20)2-22-8(6)10(15)16/h1-2H,(H,13,14)(H,15,16). The molecule has 12 heteroatoms. The maximum absolute atomic E-state index is 11.2. The van der Waals surface area contributed by atoms with Gasteiger partial charge in [0.05, 0.1) is 31.7 Å². The van der Waals surface area contributed by atoms with Gasteiger partial charge in [0, 0.05) is 0 Å². The van der Waals surface area contributed by atoms with E-state index >= 15 is 0 Å². The molecule has 2 aromatic rings. The minimum Gasteiger partial charge on any atom is -0.477 e. The summed E-state index contributed by atoms with van der Waals surface area (Å²) in [7, 11) is 0. The van der Waals surface area contributed by atoms with Crippen LogP contribution < -0.4 is 0 Å². The smallest absolute Gasteiger partial charge is 0.346 e. The van der Waals surface area contributed by atoms with Crippen molar-refractivity contribution in [3.63, 3.8) is 0 Å². The van der Waals surface area contributed by atoms with E-state index in [1.54, 1.807) is 0 Å². The maximum Gasteiger partial charge on any atom is 0.346 e. The third kappa shape index (κ3) is 2.40. The Morgan fingerprint density at radius 1 is 0.864 bits per heavy atom. The van der Waals surface area contributed by atoms with Gasteiger partial charge in [-0.15, -0.1) is 22.7 Å². The summed E-state index contributed by atoms with van der Waals surface area (Å²) in [4.78, 5) is 41.5. The van der Waals surface area contributed by atoms with Gasteiger partial charge in [-0.3, -0.25) is 20.2 Å². The molecule has 0 unspecified atom stereocenters. The molecule has 0 saturated carbocycles. The Morgan fingerprint density at radius 3 is 1.41 bits per heavy atom. The molecule has 2 rings (SSSR count). The molecule has 0 atom stereocenters. The summed E-state index contributed by atoms with van der Waals surface area (Å²) in [6.45, 7) is 0. The summed E-state index contributed by atoms with van der Waals surface area (Å²) >= 11 is 0.999. The highest BCUT2D eigenvalue weighted by Gasteiger charge is 2.36. The van der Waals surface area contributed by atoms with E-state index in [4.69, 9.17) is 10.2 Å².